The van der Waals surface area contributed by atoms with E-state index in [1.165, 1.54) is 29.1 Å². The minimum atomic E-state index is -0.476. The number of hydrogen-bond donors (Lipinski definition) is 1. The maximum absolute atomic E-state index is 10.9. The van der Waals surface area contributed by atoms with E-state index >= 15 is 0 Å². The van der Waals surface area contributed by atoms with Gasteiger partial charge in [-0.05, 0) is 44.5 Å². The zero-order valence-corrected chi connectivity index (χ0v) is 13.1. The number of hydrogen-bond acceptors (Lipinski definition) is 3. The van der Waals surface area contributed by atoms with Crippen LogP contribution in [0.2, 0.25) is 5.02 Å². The molecule has 6 heteroatoms. The number of nitrogens with zero attached hydrogens (tertiary/aromatic N) is 2. The van der Waals surface area contributed by atoms with Gasteiger partial charge >= 0.3 is 0 Å². The van der Waals surface area contributed by atoms with E-state index in [2.05, 4.69) is 36.7 Å². The normalized spacial score (nSPS) is 10.7. The summed E-state index contributed by atoms with van der Waals surface area (Å²) in [4.78, 5) is 10.4. The maximum Gasteiger partial charge on any atom is 0.289 e. The molecular weight excluding hydrogens is 290 g/mol. The van der Waals surface area contributed by atoms with E-state index in [0.29, 0.717) is 12.2 Å². The van der Waals surface area contributed by atoms with Crippen LogP contribution in [-0.4, -0.2) is 9.49 Å². The first-order valence-electron chi connectivity index (χ1n) is 6.77. The van der Waals surface area contributed by atoms with Crippen LogP contribution >= 0.6 is 11.6 Å². The highest BCUT2D eigenvalue weighted by Gasteiger charge is 2.13. The number of halogens is 1. The number of nitro benzene ring substituents is 1. The largest absolute Gasteiger partial charge is 0.381 e. The van der Waals surface area contributed by atoms with Crippen LogP contribution in [0.5, 0.6) is 0 Å². The smallest absolute Gasteiger partial charge is 0.289 e. The third kappa shape index (κ3) is 3.19. The molecule has 0 bridgehead atoms. The highest BCUT2D eigenvalue weighted by atomic mass is 35.5. The molecule has 0 fully saturated rings. The molecule has 112 valence electrons. The first kappa shape index (κ1) is 15.4. The summed E-state index contributed by atoms with van der Waals surface area (Å²) in [7, 11) is 0. The third-order valence-corrected chi connectivity index (χ3v) is 3.94. The van der Waals surface area contributed by atoms with Gasteiger partial charge in [0, 0.05) is 36.2 Å². The summed E-state index contributed by atoms with van der Waals surface area (Å²) < 4.78 is 2.24. The van der Waals surface area contributed by atoms with Crippen LogP contribution < -0.4 is 5.32 Å². The Morgan fingerprint density at radius 3 is 2.62 bits per heavy atom. The van der Waals surface area contributed by atoms with Crippen molar-refractivity contribution >= 4 is 23.0 Å². The van der Waals surface area contributed by atoms with Crippen LogP contribution in [0.15, 0.2) is 24.3 Å². The van der Waals surface area contributed by atoms with Crippen LogP contribution in [-0.2, 0) is 13.1 Å². The summed E-state index contributed by atoms with van der Waals surface area (Å²) in [5.74, 6) is 0. The molecule has 5 nitrogen and oxygen atoms in total. The van der Waals surface area contributed by atoms with Crippen molar-refractivity contribution in [1.29, 1.82) is 0 Å². The Morgan fingerprint density at radius 2 is 2.05 bits per heavy atom. The summed E-state index contributed by atoms with van der Waals surface area (Å²) in [6.07, 6.45) is 0. The van der Waals surface area contributed by atoms with Gasteiger partial charge in [-0.2, -0.15) is 0 Å². The average molecular weight is 308 g/mol. The molecule has 0 saturated heterocycles. The Bertz CT molecular complexity index is 680. The lowest BCUT2D eigenvalue weighted by Gasteiger charge is -2.08. The van der Waals surface area contributed by atoms with Crippen LogP contribution in [0.25, 0.3) is 0 Å². The van der Waals surface area contributed by atoms with Crippen molar-refractivity contribution in [3.05, 3.63) is 56.4 Å². The van der Waals surface area contributed by atoms with Gasteiger partial charge in [-0.3, -0.25) is 10.1 Å². The van der Waals surface area contributed by atoms with Crippen molar-refractivity contribution in [3.8, 4) is 0 Å². The van der Waals surface area contributed by atoms with Gasteiger partial charge in [-0.25, -0.2) is 0 Å². The van der Waals surface area contributed by atoms with Crippen molar-refractivity contribution < 1.29 is 4.92 Å². The van der Waals surface area contributed by atoms with Gasteiger partial charge in [0.15, 0.2) is 0 Å². The van der Waals surface area contributed by atoms with Gasteiger partial charge in [-0.15, -0.1) is 0 Å². The summed E-state index contributed by atoms with van der Waals surface area (Å²) in [6, 6.07) is 6.88. The Kier molecular flexibility index (Phi) is 4.53. The molecule has 0 aliphatic heterocycles. The van der Waals surface area contributed by atoms with Crippen LogP contribution in [0.1, 0.15) is 23.9 Å². The molecule has 21 heavy (non-hydrogen) atoms. The predicted octanol–water partition coefficient (Wildman–Crippen LogP) is 4.30. The topological polar surface area (TPSA) is 60.1 Å². The van der Waals surface area contributed by atoms with Crippen LogP contribution in [0.4, 0.5) is 11.4 Å². The van der Waals surface area contributed by atoms with Gasteiger partial charge < -0.3 is 9.88 Å². The molecule has 0 radical (unpaired) electrons. The number of aryl methyl sites for hydroxylation is 1. The van der Waals surface area contributed by atoms with E-state index in [0.717, 1.165) is 6.54 Å². The lowest BCUT2D eigenvalue weighted by atomic mass is 10.2. The van der Waals surface area contributed by atoms with Crippen molar-refractivity contribution in [2.75, 3.05) is 5.32 Å². The highest BCUT2D eigenvalue weighted by molar-refractivity contribution is 6.32. The van der Waals surface area contributed by atoms with E-state index in [-0.39, 0.29) is 10.7 Å². The third-order valence-electron chi connectivity index (χ3n) is 3.62. The van der Waals surface area contributed by atoms with Gasteiger partial charge in [0.05, 0.1) is 4.92 Å². The fourth-order valence-corrected chi connectivity index (χ4v) is 2.68. The van der Waals surface area contributed by atoms with Crippen molar-refractivity contribution in [1.82, 2.24) is 4.57 Å². The summed E-state index contributed by atoms with van der Waals surface area (Å²) in [5.41, 5.74) is 4.22. The zero-order valence-electron chi connectivity index (χ0n) is 12.3. The molecule has 2 aromatic rings. The van der Waals surface area contributed by atoms with Crippen molar-refractivity contribution in [2.45, 2.75) is 33.9 Å². The van der Waals surface area contributed by atoms with Gasteiger partial charge in [0.25, 0.3) is 5.69 Å². The van der Waals surface area contributed by atoms with E-state index in [1.54, 1.807) is 6.07 Å². The SMILES string of the molecule is CCn1c(C)cc(CNc2ccc(Cl)c([N+](=O)[O-])c2)c1C. The number of nitro groups is 1. The number of rotatable bonds is 5. The Hall–Kier alpha value is -2.01. The molecule has 1 aromatic carbocycles. The van der Waals surface area contributed by atoms with Crippen LogP contribution in [0.3, 0.4) is 0 Å². The molecule has 0 aliphatic rings. The lowest BCUT2D eigenvalue weighted by Crippen LogP contribution is -2.03. The molecule has 0 saturated carbocycles. The monoisotopic (exact) mass is 307 g/mol. The highest BCUT2D eigenvalue weighted by Crippen LogP contribution is 2.27. The standard InChI is InChI=1S/C15H18ClN3O2/c1-4-18-10(2)7-12(11(18)3)9-17-13-5-6-14(16)15(8-13)19(20)21/h5-8,17H,4,9H2,1-3H3. The summed E-state index contributed by atoms with van der Waals surface area (Å²) in [5, 5.41) is 14.2. The Labute approximate surface area is 128 Å². The molecule has 0 spiro atoms. The maximum atomic E-state index is 10.9. The molecule has 2 rings (SSSR count). The van der Waals surface area contributed by atoms with E-state index < -0.39 is 4.92 Å². The second-order valence-electron chi connectivity index (χ2n) is 4.92. The molecule has 1 aromatic heterocycles. The number of benzene rings is 1. The van der Waals surface area contributed by atoms with Gasteiger partial charge in [-0.1, -0.05) is 11.6 Å². The fraction of sp³-hybridized carbons (Fsp3) is 0.333. The predicted molar refractivity (Wildman–Crippen MR) is 85.0 cm³/mol. The fourth-order valence-electron chi connectivity index (χ4n) is 2.50. The molecule has 1 N–H and O–H groups in total. The molecule has 0 unspecified atom stereocenters. The molecule has 0 atom stereocenters. The number of aromatic nitrogens is 1. The average Bonchev–Trinajstić information content (AvgIpc) is 2.71. The van der Waals surface area contributed by atoms with Gasteiger partial charge in [0.2, 0.25) is 0 Å². The molecular formula is C15H18ClN3O2. The van der Waals surface area contributed by atoms with Crippen molar-refractivity contribution in [3.63, 3.8) is 0 Å². The van der Waals surface area contributed by atoms with E-state index in [1.807, 2.05) is 0 Å². The number of anilines is 1. The minimum Gasteiger partial charge on any atom is -0.381 e. The summed E-state index contributed by atoms with van der Waals surface area (Å²) in [6.45, 7) is 7.83. The van der Waals surface area contributed by atoms with Gasteiger partial charge in [0.1, 0.15) is 5.02 Å². The van der Waals surface area contributed by atoms with Crippen molar-refractivity contribution in [2.24, 2.45) is 0 Å². The Balaban J connectivity index is 2.17. The Morgan fingerprint density at radius 1 is 1.33 bits per heavy atom. The quantitative estimate of drug-likeness (QED) is 0.662. The van der Waals surface area contributed by atoms with Crippen LogP contribution in [0, 0.1) is 24.0 Å². The second-order valence-corrected chi connectivity index (χ2v) is 5.32. The first-order valence-corrected chi connectivity index (χ1v) is 7.15. The lowest BCUT2D eigenvalue weighted by molar-refractivity contribution is -0.384. The number of nitrogens with one attached hydrogen (secondary N) is 1. The molecule has 0 aliphatic carbocycles. The van der Waals surface area contributed by atoms with E-state index in [4.69, 9.17) is 11.6 Å². The molecule has 0 amide bonds. The van der Waals surface area contributed by atoms with E-state index in [9.17, 15) is 10.1 Å². The first-order chi connectivity index (χ1) is 9.93. The summed E-state index contributed by atoms with van der Waals surface area (Å²) >= 11 is 5.80. The minimum absolute atomic E-state index is 0.0827. The molecule has 1 heterocycles. The second kappa shape index (κ2) is 6.18. The zero-order chi connectivity index (χ0) is 15.6.